The molecule has 0 bridgehead atoms. The Bertz CT molecular complexity index is 830. The third-order valence-corrected chi connectivity index (χ3v) is 7.44. The largest absolute Gasteiger partial charge is 0.449 e. The minimum Gasteiger partial charge on any atom is -0.449 e. The molecule has 1 amide bonds. The molecular formula is C21H23NO3S2. The van der Waals surface area contributed by atoms with Gasteiger partial charge in [-0.05, 0) is 50.1 Å². The van der Waals surface area contributed by atoms with Gasteiger partial charge in [0.05, 0.1) is 10.1 Å². The van der Waals surface area contributed by atoms with Crippen LogP contribution in [-0.2, 0) is 9.53 Å². The molecule has 0 radical (unpaired) electrons. The summed E-state index contributed by atoms with van der Waals surface area (Å²) in [7, 11) is 0. The molecule has 0 spiro atoms. The van der Waals surface area contributed by atoms with E-state index >= 15 is 0 Å². The van der Waals surface area contributed by atoms with Crippen molar-refractivity contribution >= 4 is 41.1 Å². The van der Waals surface area contributed by atoms with Gasteiger partial charge in [-0.15, -0.1) is 23.5 Å². The van der Waals surface area contributed by atoms with E-state index in [1.54, 1.807) is 19.1 Å². The van der Waals surface area contributed by atoms with Gasteiger partial charge >= 0.3 is 5.97 Å². The fourth-order valence-corrected chi connectivity index (χ4v) is 5.66. The summed E-state index contributed by atoms with van der Waals surface area (Å²) in [5, 5.41) is 2.82. The summed E-state index contributed by atoms with van der Waals surface area (Å²) in [5.41, 5.74) is 4.49. The van der Waals surface area contributed by atoms with Crippen molar-refractivity contribution in [2.24, 2.45) is 0 Å². The molecule has 3 rings (SSSR count). The molecule has 1 aliphatic rings. The molecule has 0 aromatic heterocycles. The minimum absolute atomic E-state index is 0.342. The second-order valence-electron chi connectivity index (χ2n) is 6.55. The van der Waals surface area contributed by atoms with Crippen molar-refractivity contribution in [1.29, 1.82) is 0 Å². The highest BCUT2D eigenvalue weighted by Crippen LogP contribution is 2.45. The van der Waals surface area contributed by atoms with Crippen LogP contribution in [0.25, 0.3) is 0 Å². The first kappa shape index (κ1) is 19.8. The monoisotopic (exact) mass is 401 g/mol. The number of aryl methyl sites for hydroxylation is 2. The molecule has 0 aliphatic carbocycles. The van der Waals surface area contributed by atoms with E-state index in [1.165, 1.54) is 5.56 Å². The van der Waals surface area contributed by atoms with E-state index in [1.807, 2.05) is 67.7 Å². The van der Waals surface area contributed by atoms with Crippen molar-refractivity contribution < 1.29 is 14.3 Å². The summed E-state index contributed by atoms with van der Waals surface area (Å²) in [4.78, 5) is 24.7. The molecule has 0 unspecified atom stereocenters. The number of carbonyl (C=O) groups excluding carboxylic acids is 2. The fourth-order valence-electron chi connectivity index (χ4n) is 2.80. The van der Waals surface area contributed by atoms with Crippen LogP contribution in [0.4, 0.5) is 5.69 Å². The second-order valence-corrected chi connectivity index (χ2v) is 9.28. The van der Waals surface area contributed by atoms with Crippen LogP contribution >= 0.6 is 23.5 Å². The number of hydrogen-bond acceptors (Lipinski definition) is 5. The van der Waals surface area contributed by atoms with Crippen LogP contribution in [-0.4, -0.2) is 29.5 Å². The Kier molecular flexibility index (Phi) is 6.50. The molecule has 4 nitrogen and oxygen atoms in total. The van der Waals surface area contributed by atoms with Gasteiger partial charge < -0.3 is 10.1 Å². The number of carbonyl (C=O) groups is 2. The third kappa shape index (κ3) is 5.08. The van der Waals surface area contributed by atoms with Crippen molar-refractivity contribution in [1.82, 2.24) is 0 Å². The average molecular weight is 402 g/mol. The lowest BCUT2D eigenvalue weighted by atomic mass is 10.1. The molecule has 1 fully saturated rings. The van der Waals surface area contributed by atoms with Gasteiger partial charge in [-0.2, -0.15) is 0 Å². The standard InChI is InChI=1S/C21H23NO3S2/c1-13-4-9-18(14(2)12-13)22-19(23)15(3)25-20(24)16-5-7-17(8-6-16)21-26-10-11-27-21/h4-9,12,15,21H,10-11H2,1-3H3,(H,22,23)/t15-/m0/s1. The zero-order valence-electron chi connectivity index (χ0n) is 15.7. The Morgan fingerprint density at radius 3 is 2.37 bits per heavy atom. The number of anilines is 1. The van der Waals surface area contributed by atoms with E-state index < -0.39 is 12.1 Å². The van der Waals surface area contributed by atoms with Gasteiger partial charge in [-0.1, -0.05) is 29.8 Å². The highest BCUT2D eigenvalue weighted by atomic mass is 32.2. The third-order valence-electron chi connectivity index (χ3n) is 4.33. The maximum atomic E-state index is 12.4. The number of amides is 1. The Morgan fingerprint density at radius 1 is 1.07 bits per heavy atom. The highest BCUT2D eigenvalue weighted by molar-refractivity contribution is 8.19. The smallest absolute Gasteiger partial charge is 0.338 e. The van der Waals surface area contributed by atoms with Gasteiger partial charge in [-0.25, -0.2) is 4.79 Å². The molecule has 2 aromatic carbocycles. The number of esters is 1. The van der Waals surface area contributed by atoms with Crippen molar-refractivity contribution in [3.8, 4) is 0 Å². The zero-order chi connectivity index (χ0) is 19.4. The summed E-state index contributed by atoms with van der Waals surface area (Å²) >= 11 is 3.84. The Balaban J connectivity index is 1.58. The Labute approximate surface area is 168 Å². The van der Waals surface area contributed by atoms with Crippen LogP contribution in [0.2, 0.25) is 0 Å². The average Bonchev–Trinajstić information content (AvgIpc) is 3.18. The maximum absolute atomic E-state index is 12.4. The van der Waals surface area contributed by atoms with E-state index in [0.717, 1.165) is 28.3 Å². The van der Waals surface area contributed by atoms with Crippen molar-refractivity contribution in [2.45, 2.75) is 31.5 Å². The van der Waals surface area contributed by atoms with E-state index in [9.17, 15) is 9.59 Å². The maximum Gasteiger partial charge on any atom is 0.338 e. The number of hydrogen-bond donors (Lipinski definition) is 1. The lowest BCUT2D eigenvalue weighted by Gasteiger charge is -2.15. The lowest BCUT2D eigenvalue weighted by Crippen LogP contribution is -2.30. The number of rotatable bonds is 5. The zero-order valence-corrected chi connectivity index (χ0v) is 17.3. The van der Waals surface area contributed by atoms with Gasteiger partial charge in [0.15, 0.2) is 6.10 Å². The molecule has 1 atom stereocenters. The summed E-state index contributed by atoms with van der Waals surface area (Å²) in [5.74, 6) is 1.49. The van der Waals surface area contributed by atoms with E-state index in [0.29, 0.717) is 10.1 Å². The first-order valence-corrected chi connectivity index (χ1v) is 11.0. The van der Waals surface area contributed by atoms with Crippen LogP contribution in [0.1, 0.15) is 38.6 Å². The molecule has 1 aliphatic heterocycles. The molecule has 6 heteroatoms. The van der Waals surface area contributed by atoms with Gasteiger partial charge in [-0.3, -0.25) is 4.79 Å². The first-order chi connectivity index (χ1) is 12.9. The van der Waals surface area contributed by atoms with Crippen LogP contribution in [0.3, 0.4) is 0 Å². The minimum atomic E-state index is -0.876. The lowest BCUT2D eigenvalue weighted by molar-refractivity contribution is -0.123. The molecule has 142 valence electrons. The number of nitrogens with one attached hydrogen (secondary N) is 1. The summed E-state index contributed by atoms with van der Waals surface area (Å²) < 4.78 is 5.78. The Morgan fingerprint density at radius 2 is 1.74 bits per heavy atom. The fraction of sp³-hybridized carbons (Fsp3) is 0.333. The van der Waals surface area contributed by atoms with Crippen LogP contribution < -0.4 is 5.32 Å². The van der Waals surface area contributed by atoms with Gasteiger partial charge in [0.25, 0.3) is 5.91 Å². The molecule has 1 heterocycles. The first-order valence-electron chi connectivity index (χ1n) is 8.86. The van der Waals surface area contributed by atoms with E-state index in [-0.39, 0.29) is 5.91 Å². The van der Waals surface area contributed by atoms with Crippen LogP contribution in [0, 0.1) is 13.8 Å². The highest BCUT2D eigenvalue weighted by Gasteiger charge is 2.21. The van der Waals surface area contributed by atoms with Crippen LogP contribution in [0.5, 0.6) is 0 Å². The van der Waals surface area contributed by atoms with E-state index in [4.69, 9.17) is 4.74 Å². The molecule has 1 saturated heterocycles. The number of ether oxygens (including phenoxy) is 1. The molecule has 0 saturated carbocycles. The van der Waals surface area contributed by atoms with Gasteiger partial charge in [0.1, 0.15) is 0 Å². The van der Waals surface area contributed by atoms with Crippen molar-refractivity contribution in [3.05, 3.63) is 64.7 Å². The molecular weight excluding hydrogens is 378 g/mol. The summed E-state index contributed by atoms with van der Waals surface area (Å²) in [6.07, 6.45) is -0.876. The normalized spacial score (nSPS) is 15.4. The molecule has 2 aromatic rings. The number of benzene rings is 2. The van der Waals surface area contributed by atoms with E-state index in [2.05, 4.69) is 5.32 Å². The summed E-state index contributed by atoms with van der Waals surface area (Å²) in [6, 6.07) is 13.3. The van der Waals surface area contributed by atoms with Crippen molar-refractivity contribution in [3.63, 3.8) is 0 Å². The Hall–Kier alpha value is -1.92. The predicted molar refractivity (Wildman–Crippen MR) is 114 cm³/mol. The van der Waals surface area contributed by atoms with Crippen molar-refractivity contribution in [2.75, 3.05) is 16.8 Å². The second kappa shape index (κ2) is 8.85. The van der Waals surface area contributed by atoms with Gasteiger partial charge in [0, 0.05) is 17.2 Å². The predicted octanol–water partition coefficient (Wildman–Crippen LogP) is 4.97. The number of thioether (sulfide) groups is 2. The SMILES string of the molecule is Cc1ccc(NC(=O)[C@H](C)OC(=O)c2ccc(C3SCCS3)cc2)c(C)c1. The molecule has 27 heavy (non-hydrogen) atoms. The summed E-state index contributed by atoms with van der Waals surface area (Å²) in [6.45, 7) is 5.51. The van der Waals surface area contributed by atoms with Crippen LogP contribution in [0.15, 0.2) is 42.5 Å². The quantitative estimate of drug-likeness (QED) is 0.717. The van der Waals surface area contributed by atoms with Gasteiger partial charge in [0.2, 0.25) is 0 Å². The molecule has 1 N–H and O–H groups in total. The topological polar surface area (TPSA) is 55.4 Å².